The summed E-state index contributed by atoms with van der Waals surface area (Å²) in [5.74, 6) is 0. The van der Waals surface area contributed by atoms with Gasteiger partial charge in [-0.05, 0) is 266 Å². The molecule has 0 bridgehead atoms. The Morgan fingerprint density at radius 1 is 0.120 bits per heavy atom. The first-order valence-electron chi connectivity index (χ1n) is 48.6. The monoisotopic (exact) mass is 1810 g/mol. The molecule has 0 atom stereocenters. The lowest BCUT2D eigenvalue weighted by molar-refractivity contribution is 1.18. The molecule has 6 nitrogen and oxygen atoms in total. The van der Waals surface area contributed by atoms with Gasteiger partial charge in [0, 0.05) is 100 Å². The average Bonchev–Trinajstić information content (AvgIpc) is 1.58. The van der Waals surface area contributed by atoms with Crippen LogP contribution in [0.2, 0.25) is 0 Å². The van der Waals surface area contributed by atoms with Gasteiger partial charge in [-0.2, -0.15) is 0 Å². The van der Waals surface area contributed by atoms with Crippen molar-refractivity contribution in [1.82, 2.24) is 13.7 Å². The second kappa shape index (κ2) is 38.7. The van der Waals surface area contributed by atoms with Gasteiger partial charge >= 0.3 is 0 Å². The molecule has 23 aromatic carbocycles. The Morgan fingerprint density at radius 2 is 0.352 bits per heavy atom. The summed E-state index contributed by atoms with van der Waals surface area (Å²) in [5, 5.41) is 9.99. The maximum Gasteiger partial charge on any atom is 0.0541 e. The summed E-state index contributed by atoms with van der Waals surface area (Å²) in [6.45, 7) is 0. The molecule has 26 rings (SSSR count). The van der Waals surface area contributed by atoms with E-state index in [0.717, 1.165) is 56.9 Å². The van der Waals surface area contributed by atoms with Gasteiger partial charge in [-0.3, -0.25) is 0 Å². The van der Waals surface area contributed by atoms with Gasteiger partial charge in [0.1, 0.15) is 0 Å². The van der Waals surface area contributed by atoms with Crippen molar-refractivity contribution in [1.29, 1.82) is 0 Å². The second-order valence-corrected chi connectivity index (χ2v) is 35.9. The summed E-state index contributed by atoms with van der Waals surface area (Å²) >= 11 is 0. The molecule has 0 unspecified atom stereocenters. The molecule has 3 heterocycles. The predicted molar refractivity (Wildman–Crippen MR) is 602 cm³/mol. The molecule has 0 aliphatic carbocycles. The van der Waals surface area contributed by atoms with E-state index >= 15 is 0 Å². The lowest BCUT2D eigenvalue weighted by Gasteiger charge is -2.29. The summed E-state index contributed by atoms with van der Waals surface area (Å²) in [4.78, 5) is 6.98. The van der Waals surface area contributed by atoms with Crippen LogP contribution in [0.15, 0.2) is 582 Å². The minimum Gasteiger partial charge on any atom is -0.311 e. The van der Waals surface area contributed by atoms with Crippen molar-refractivity contribution in [3.8, 4) is 95.0 Å². The highest BCUT2D eigenvalue weighted by Crippen LogP contribution is 2.48. The molecule has 0 spiro atoms. The number of benzene rings is 23. The Balaban J connectivity index is 0.000000115. The zero-order valence-corrected chi connectivity index (χ0v) is 78.1. The van der Waals surface area contributed by atoms with Gasteiger partial charge in [0.25, 0.3) is 0 Å². The van der Waals surface area contributed by atoms with E-state index in [9.17, 15) is 0 Å². The third-order valence-corrected chi connectivity index (χ3v) is 27.4. The van der Waals surface area contributed by atoms with Crippen molar-refractivity contribution in [3.05, 3.63) is 582 Å². The number of nitrogens with zero attached hydrogens (tertiary/aromatic N) is 6. The first-order valence-corrected chi connectivity index (χ1v) is 48.6. The van der Waals surface area contributed by atoms with Gasteiger partial charge in [0.15, 0.2) is 0 Å². The van der Waals surface area contributed by atoms with E-state index in [4.69, 9.17) is 0 Å². The number of fused-ring (bicyclic) bond motifs is 10. The Kier molecular flexibility index (Phi) is 23.4. The van der Waals surface area contributed by atoms with Gasteiger partial charge in [-0.15, -0.1) is 0 Å². The summed E-state index contributed by atoms with van der Waals surface area (Å²) in [6.07, 6.45) is 0. The fourth-order valence-electron chi connectivity index (χ4n) is 20.6. The smallest absolute Gasteiger partial charge is 0.0541 e. The second-order valence-electron chi connectivity index (χ2n) is 35.9. The van der Waals surface area contributed by atoms with Crippen LogP contribution in [0, 0.1) is 0 Å². The molecule has 0 amide bonds. The summed E-state index contributed by atoms with van der Waals surface area (Å²) in [7, 11) is 0. The van der Waals surface area contributed by atoms with Crippen molar-refractivity contribution in [2.75, 3.05) is 14.7 Å². The standard InChI is InChI=1S/C48H34N2.C46H32N2.C42H30N2/c1-4-12-41(13-5-1)49(42-14-6-2-7-15-42)44-31-28-38(29-32-44)37-22-20-35(21-23-37)36-24-26-39(27-25-36)40-30-33-48-46(34-40)45-18-10-11-19-47(45)50(48)43-16-8-3-9-17-43;1-3-15-33(16-4-1)35-19-13-22-38(31-35)48-45-27-12-10-25-41(45)42-32-36(29-30-46(42)48)40-24-9-11-26-43(40)47(37-20-5-2-6-21-37)44-28-14-18-34-17-7-8-23-39(34)44;1-4-12-35(13-5-1)43(36-14-6-2-7-15-36)38-27-24-32(25-28-38)31-20-22-33(23-21-31)34-26-29-42-40(30-34)39-18-10-11-19-41(39)44(42)37-16-8-3-9-17-37/h1-34H;1-32H;1-30H. The van der Waals surface area contributed by atoms with Gasteiger partial charge < -0.3 is 28.4 Å². The molecule has 670 valence electrons. The van der Waals surface area contributed by atoms with Crippen LogP contribution in [0.4, 0.5) is 51.2 Å². The number of aromatic nitrogens is 3. The number of hydrogen-bond acceptors (Lipinski definition) is 3. The van der Waals surface area contributed by atoms with E-state index in [-0.39, 0.29) is 0 Å². The highest BCUT2D eigenvalue weighted by molar-refractivity contribution is 6.14. The molecule has 26 aromatic rings. The Morgan fingerprint density at radius 3 is 0.754 bits per heavy atom. The molecule has 0 radical (unpaired) electrons. The molecule has 142 heavy (non-hydrogen) atoms. The van der Waals surface area contributed by atoms with E-state index in [1.54, 1.807) is 0 Å². The number of rotatable bonds is 19. The lowest BCUT2D eigenvalue weighted by Crippen LogP contribution is -2.11. The molecule has 0 aliphatic rings. The molecular weight excluding hydrogens is 1720 g/mol. The van der Waals surface area contributed by atoms with E-state index in [0.29, 0.717) is 0 Å². The zero-order valence-electron chi connectivity index (χ0n) is 78.1. The van der Waals surface area contributed by atoms with Crippen LogP contribution in [-0.2, 0) is 0 Å². The highest BCUT2D eigenvalue weighted by atomic mass is 15.2. The molecule has 0 saturated heterocycles. The third kappa shape index (κ3) is 16.9. The van der Waals surface area contributed by atoms with E-state index < -0.39 is 0 Å². The van der Waals surface area contributed by atoms with Crippen LogP contribution in [-0.4, -0.2) is 13.7 Å². The van der Waals surface area contributed by atoms with Crippen LogP contribution in [0.25, 0.3) is 171 Å². The summed E-state index contributed by atoms with van der Waals surface area (Å²) in [6, 6.07) is 209. The Bertz CT molecular complexity index is 8860. The maximum atomic E-state index is 2.40. The third-order valence-electron chi connectivity index (χ3n) is 27.4. The minimum absolute atomic E-state index is 1.12. The van der Waals surface area contributed by atoms with Gasteiger partial charge in [0.2, 0.25) is 0 Å². The van der Waals surface area contributed by atoms with Crippen molar-refractivity contribution in [3.63, 3.8) is 0 Å². The van der Waals surface area contributed by atoms with Crippen LogP contribution in [0.5, 0.6) is 0 Å². The highest BCUT2D eigenvalue weighted by Gasteiger charge is 2.24. The fourth-order valence-corrected chi connectivity index (χ4v) is 20.6. The number of anilines is 9. The van der Waals surface area contributed by atoms with E-state index in [1.807, 2.05) is 0 Å². The van der Waals surface area contributed by atoms with Gasteiger partial charge in [0.05, 0.1) is 44.5 Å². The number of hydrogen-bond donors (Lipinski definition) is 0. The minimum atomic E-state index is 1.12. The average molecular weight is 1810 g/mol. The molecule has 0 N–H and O–H groups in total. The Labute approximate surface area is 827 Å². The van der Waals surface area contributed by atoms with Crippen molar-refractivity contribution in [2.45, 2.75) is 0 Å². The molecule has 0 fully saturated rings. The van der Waals surface area contributed by atoms with Crippen LogP contribution < -0.4 is 14.7 Å². The molecule has 0 aliphatic heterocycles. The Hall–Kier alpha value is -18.9. The van der Waals surface area contributed by atoms with Crippen LogP contribution in [0.1, 0.15) is 0 Å². The van der Waals surface area contributed by atoms with Gasteiger partial charge in [-0.25, -0.2) is 0 Å². The lowest BCUT2D eigenvalue weighted by atomic mass is 9.97. The topological polar surface area (TPSA) is 24.5 Å². The fraction of sp³-hybridized carbons (Fsp3) is 0. The summed E-state index contributed by atoms with van der Waals surface area (Å²) < 4.78 is 7.12. The van der Waals surface area contributed by atoms with Crippen molar-refractivity contribution >= 4 is 127 Å². The molecule has 3 aromatic heterocycles. The molecule has 0 saturated carbocycles. The predicted octanol–water partition coefficient (Wildman–Crippen LogP) is 37.6. The summed E-state index contributed by atoms with van der Waals surface area (Å²) in [5.41, 5.74) is 37.9. The molecular formula is C136H96N6. The van der Waals surface area contributed by atoms with E-state index in [2.05, 4.69) is 611 Å². The first-order chi connectivity index (χ1) is 70.5. The normalized spacial score (nSPS) is 11.2. The van der Waals surface area contributed by atoms with E-state index in [1.165, 1.54) is 165 Å². The van der Waals surface area contributed by atoms with Gasteiger partial charge in [-0.1, -0.05) is 394 Å². The quantitative estimate of drug-likeness (QED) is 0.0806. The SMILES string of the molecule is c1ccc(-c2cccc(-n3c4ccccc4c4cc(-c5ccccc5N(c5ccccc5)c5cccc6ccccc56)ccc43)c2)cc1.c1ccc(N(c2ccccc2)c2ccc(-c3ccc(-c4ccc(-c5ccc6c(c5)c5ccccc5n6-c5ccccc5)cc4)cc3)cc2)cc1.c1ccc(N(c2ccccc2)c2ccc(-c3ccc(-c4ccc5c(c4)c4ccccc4n5-c4ccccc4)cc3)cc2)cc1. The van der Waals surface area contributed by atoms with Crippen molar-refractivity contribution < 1.29 is 0 Å². The maximum absolute atomic E-state index is 2.40. The van der Waals surface area contributed by atoms with Crippen LogP contribution >= 0.6 is 0 Å². The molecule has 6 heteroatoms. The largest absolute Gasteiger partial charge is 0.311 e. The van der Waals surface area contributed by atoms with Crippen molar-refractivity contribution in [2.24, 2.45) is 0 Å². The first kappa shape index (κ1) is 86.0. The zero-order chi connectivity index (χ0) is 94.4. The van der Waals surface area contributed by atoms with Crippen LogP contribution in [0.3, 0.4) is 0 Å². The number of para-hydroxylation sites is 11.